The first-order chi connectivity index (χ1) is 17.2. The number of aryl methyl sites for hydroxylation is 1. The number of carbonyl (C=O) groups is 2. The summed E-state index contributed by atoms with van der Waals surface area (Å²) in [7, 11) is -3.62. The van der Waals surface area contributed by atoms with E-state index in [9.17, 15) is 18.0 Å². The third-order valence-electron chi connectivity index (χ3n) is 5.69. The lowest BCUT2D eigenvalue weighted by Crippen LogP contribution is -2.52. The van der Waals surface area contributed by atoms with E-state index in [0.717, 1.165) is 17.4 Å². The van der Waals surface area contributed by atoms with E-state index in [1.54, 1.807) is 36.1 Å². The van der Waals surface area contributed by atoms with Crippen LogP contribution in [-0.2, 0) is 26.2 Å². The number of carbonyl (C=O) groups excluding carboxylic acids is 2. The fourth-order valence-corrected chi connectivity index (χ4v) is 4.96. The van der Waals surface area contributed by atoms with Gasteiger partial charge in [-0.25, -0.2) is 8.42 Å². The van der Waals surface area contributed by atoms with Gasteiger partial charge in [0.15, 0.2) is 0 Å². The third kappa shape index (κ3) is 9.39. The highest BCUT2D eigenvalue weighted by Gasteiger charge is 2.29. The average molecular weight is 532 g/mol. The van der Waals surface area contributed by atoms with E-state index in [4.69, 9.17) is 4.74 Å². The van der Waals surface area contributed by atoms with Crippen molar-refractivity contribution in [3.8, 4) is 5.75 Å². The van der Waals surface area contributed by atoms with Crippen LogP contribution in [0.1, 0.15) is 58.6 Å². The molecule has 1 N–H and O–H groups in total. The minimum absolute atomic E-state index is 0.0851. The van der Waals surface area contributed by atoms with E-state index in [-0.39, 0.29) is 37.7 Å². The molecule has 9 heteroatoms. The Morgan fingerprint density at radius 3 is 2.35 bits per heavy atom. The van der Waals surface area contributed by atoms with E-state index < -0.39 is 21.6 Å². The van der Waals surface area contributed by atoms with Crippen LogP contribution in [0, 0.1) is 6.92 Å². The Morgan fingerprint density at radius 2 is 1.76 bits per heavy atom. The molecule has 1 atom stereocenters. The highest BCUT2D eigenvalue weighted by molar-refractivity contribution is 7.92. The fraction of sp³-hybridized carbons (Fsp3) is 0.500. The minimum Gasteiger partial charge on any atom is -0.492 e. The van der Waals surface area contributed by atoms with Crippen molar-refractivity contribution in [1.29, 1.82) is 0 Å². The molecule has 0 spiro atoms. The largest absolute Gasteiger partial charge is 0.492 e. The van der Waals surface area contributed by atoms with Crippen molar-refractivity contribution >= 4 is 27.5 Å². The number of sulfonamides is 1. The first-order valence-corrected chi connectivity index (χ1v) is 14.4. The molecule has 0 saturated carbocycles. The molecule has 204 valence electrons. The Balaban J connectivity index is 2.23. The maximum absolute atomic E-state index is 13.4. The quantitative estimate of drug-likeness (QED) is 0.441. The van der Waals surface area contributed by atoms with Crippen molar-refractivity contribution < 1.29 is 22.7 Å². The summed E-state index contributed by atoms with van der Waals surface area (Å²) in [6, 6.07) is 14.1. The number of hydrogen-bond donors (Lipinski definition) is 1. The van der Waals surface area contributed by atoms with Crippen LogP contribution in [0.4, 0.5) is 5.69 Å². The molecule has 0 radical (unpaired) electrons. The number of nitrogens with one attached hydrogen (secondary N) is 1. The normalized spacial score (nSPS) is 12.5. The number of hydrogen-bond acceptors (Lipinski definition) is 5. The zero-order chi connectivity index (χ0) is 27.8. The van der Waals surface area contributed by atoms with Gasteiger partial charge in [-0.3, -0.25) is 13.9 Å². The molecule has 2 aromatic carbocycles. The van der Waals surface area contributed by atoms with Gasteiger partial charge < -0.3 is 15.0 Å². The molecule has 0 aliphatic rings. The summed E-state index contributed by atoms with van der Waals surface area (Å²) in [5, 5.41) is 2.95. The molecule has 8 nitrogen and oxygen atoms in total. The standard InChI is InChI=1S/C28H41N3O5S/c1-8-36-25-16-10-9-15-24(25)31(37(7,34)35)18-12-17-26(32)30(20-23-14-11-13-21(2)19-23)22(3)27(33)29-28(4,5)6/h9-11,13-16,19,22H,8,12,17-18,20H2,1-7H3,(H,29,33)/t22-/m1/s1. The maximum atomic E-state index is 13.4. The molecular formula is C28H41N3O5S. The highest BCUT2D eigenvalue weighted by Crippen LogP contribution is 2.30. The van der Waals surface area contributed by atoms with Crippen LogP contribution >= 0.6 is 0 Å². The van der Waals surface area contributed by atoms with Gasteiger partial charge in [-0.05, 0) is 65.7 Å². The van der Waals surface area contributed by atoms with Crippen molar-refractivity contribution in [2.45, 2.75) is 72.5 Å². The number of ether oxygens (including phenoxy) is 1. The Kier molecular flexibility index (Phi) is 10.5. The molecule has 0 heterocycles. The number of anilines is 1. The van der Waals surface area contributed by atoms with Crippen molar-refractivity contribution in [2.24, 2.45) is 0 Å². The predicted octanol–water partition coefficient (Wildman–Crippen LogP) is 4.27. The van der Waals surface area contributed by atoms with Crippen molar-refractivity contribution in [3.63, 3.8) is 0 Å². The maximum Gasteiger partial charge on any atom is 0.242 e. The monoisotopic (exact) mass is 531 g/mol. The number of rotatable bonds is 12. The van der Waals surface area contributed by atoms with Gasteiger partial charge in [-0.15, -0.1) is 0 Å². The molecule has 2 amide bonds. The molecule has 0 unspecified atom stereocenters. The summed E-state index contributed by atoms with van der Waals surface area (Å²) in [5.41, 5.74) is 1.99. The average Bonchev–Trinajstić information content (AvgIpc) is 2.78. The van der Waals surface area contributed by atoms with E-state index in [2.05, 4.69) is 5.32 Å². The lowest BCUT2D eigenvalue weighted by Gasteiger charge is -2.32. The molecule has 0 aliphatic heterocycles. The van der Waals surface area contributed by atoms with Gasteiger partial charge >= 0.3 is 0 Å². The molecule has 0 fully saturated rings. The Labute approximate surface area is 222 Å². The van der Waals surface area contributed by atoms with Crippen LogP contribution in [0.5, 0.6) is 5.75 Å². The topological polar surface area (TPSA) is 96.0 Å². The summed E-state index contributed by atoms with van der Waals surface area (Å²) >= 11 is 0. The molecule has 0 aromatic heterocycles. The Morgan fingerprint density at radius 1 is 1.08 bits per heavy atom. The lowest BCUT2D eigenvalue weighted by molar-refractivity contribution is -0.141. The van der Waals surface area contributed by atoms with Gasteiger partial charge in [0.25, 0.3) is 0 Å². The Hall–Kier alpha value is -3.07. The number of para-hydroxylation sites is 2. The molecule has 2 aromatic rings. The predicted molar refractivity (Wildman–Crippen MR) is 148 cm³/mol. The van der Waals surface area contributed by atoms with Gasteiger partial charge in [-0.2, -0.15) is 0 Å². The number of amides is 2. The van der Waals surface area contributed by atoms with E-state index in [1.807, 2.05) is 58.9 Å². The lowest BCUT2D eigenvalue weighted by atomic mass is 10.1. The second kappa shape index (κ2) is 12.9. The van der Waals surface area contributed by atoms with Gasteiger partial charge in [0, 0.05) is 25.0 Å². The smallest absolute Gasteiger partial charge is 0.242 e. The van der Waals surface area contributed by atoms with Crippen LogP contribution in [0.15, 0.2) is 48.5 Å². The SMILES string of the molecule is CCOc1ccccc1N(CCCC(=O)N(Cc1cccc(C)c1)[C@H](C)C(=O)NC(C)(C)C)S(C)(=O)=O. The summed E-state index contributed by atoms with van der Waals surface area (Å²) < 4.78 is 32.1. The van der Waals surface area contributed by atoms with Crippen LogP contribution in [0.25, 0.3) is 0 Å². The van der Waals surface area contributed by atoms with Crippen LogP contribution in [0.2, 0.25) is 0 Å². The van der Waals surface area contributed by atoms with Gasteiger partial charge in [0.05, 0.1) is 18.6 Å². The Bertz CT molecular complexity index is 1170. The third-order valence-corrected chi connectivity index (χ3v) is 6.87. The molecular weight excluding hydrogens is 490 g/mol. The minimum atomic E-state index is -3.62. The van der Waals surface area contributed by atoms with E-state index in [1.165, 1.54) is 4.31 Å². The molecule has 37 heavy (non-hydrogen) atoms. The summed E-state index contributed by atoms with van der Waals surface area (Å²) in [5.74, 6) is 0.0109. The number of benzene rings is 2. The van der Waals surface area contributed by atoms with Crippen LogP contribution in [-0.4, -0.2) is 56.1 Å². The van der Waals surface area contributed by atoms with Crippen molar-refractivity contribution in [3.05, 3.63) is 59.7 Å². The van der Waals surface area contributed by atoms with E-state index in [0.29, 0.717) is 18.0 Å². The molecule has 0 bridgehead atoms. The zero-order valence-corrected chi connectivity index (χ0v) is 23.9. The van der Waals surface area contributed by atoms with Gasteiger partial charge in [0.1, 0.15) is 11.8 Å². The van der Waals surface area contributed by atoms with Crippen LogP contribution < -0.4 is 14.4 Å². The molecule has 0 aliphatic carbocycles. The second-order valence-electron chi connectivity index (χ2n) is 10.3. The first kappa shape index (κ1) is 30.2. The fourth-order valence-electron chi connectivity index (χ4n) is 3.99. The molecule has 2 rings (SSSR count). The van der Waals surface area contributed by atoms with Crippen LogP contribution in [0.3, 0.4) is 0 Å². The summed E-state index contributed by atoms with van der Waals surface area (Å²) in [4.78, 5) is 28.0. The first-order valence-electron chi connectivity index (χ1n) is 12.6. The summed E-state index contributed by atoms with van der Waals surface area (Å²) in [6.45, 7) is 12.0. The van der Waals surface area contributed by atoms with Gasteiger partial charge in [0.2, 0.25) is 21.8 Å². The molecule has 0 saturated heterocycles. The second-order valence-corrected chi connectivity index (χ2v) is 12.2. The van der Waals surface area contributed by atoms with Gasteiger partial charge in [-0.1, -0.05) is 42.0 Å². The summed E-state index contributed by atoms with van der Waals surface area (Å²) in [6.07, 6.45) is 1.51. The van der Waals surface area contributed by atoms with Crippen molar-refractivity contribution in [1.82, 2.24) is 10.2 Å². The highest BCUT2D eigenvalue weighted by atomic mass is 32.2. The number of nitrogens with zero attached hydrogens (tertiary/aromatic N) is 2. The van der Waals surface area contributed by atoms with Crippen molar-refractivity contribution in [2.75, 3.05) is 23.7 Å². The zero-order valence-electron chi connectivity index (χ0n) is 23.1. The van der Waals surface area contributed by atoms with E-state index >= 15 is 0 Å².